The maximum Gasteiger partial charge on any atom is 0.224 e. The molecule has 4 rings (SSSR count). The molecular formula is C22H24FN3O4S. The van der Waals surface area contributed by atoms with Crippen molar-refractivity contribution in [2.45, 2.75) is 18.7 Å². The number of nitrogens with zero attached hydrogens (tertiary/aromatic N) is 1. The van der Waals surface area contributed by atoms with Gasteiger partial charge in [0.25, 0.3) is 0 Å². The quantitative estimate of drug-likeness (QED) is 0.584. The number of benzene rings is 2. The first-order valence-corrected chi connectivity index (χ1v) is 11.7. The summed E-state index contributed by atoms with van der Waals surface area (Å²) in [5.74, 6) is -0.707. The number of fused-ring (bicyclic) bond motifs is 1. The number of carbonyl (C=O) groups excluding carboxylic acids is 1. The van der Waals surface area contributed by atoms with E-state index in [1.54, 1.807) is 24.4 Å². The van der Waals surface area contributed by atoms with Gasteiger partial charge in [0, 0.05) is 36.7 Å². The molecule has 1 amide bonds. The fraction of sp³-hybridized carbons (Fsp3) is 0.318. The first-order valence-electron chi connectivity index (χ1n) is 10.1. The van der Waals surface area contributed by atoms with Crippen LogP contribution in [0.5, 0.6) is 0 Å². The lowest BCUT2D eigenvalue weighted by Gasteiger charge is -2.26. The van der Waals surface area contributed by atoms with Crippen LogP contribution < -0.4 is 5.32 Å². The van der Waals surface area contributed by atoms with Crippen LogP contribution in [-0.2, 0) is 38.3 Å². The van der Waals surface area contributed by atoms with Crippen LogP contribution in [0.3, 0.4) is 0 Å². The van der Waals surface area contributed by atoms with Gasteiger partial charge in [-0.05, 0) is 34.9 Å². The summed E-state index contributed by atoms with van der Waals surface area (Å²) in [6, 6.07) is 11.6. The molecule has 9 heteroatoms. The Balaban J connectivity index is 1.41. The zero-order valence-corrected chi connectivity index (χ0v) is 17.8. The Morgan fingerprint density at radius 3 is 2.61 bits per heavy atom. The van der Waals surface area contributed by atoms with Crippen LogP contribution in [0.2, 0.25) is 0 Å². The van der Waals surface area contributed by atoms with Crippen molar-refractivity contribution in [1.82, 2.24) is 14.6 Å². The molecule has 2 N–H and O–H groups in total. The molecule has 1 saturated heterocycles. The van der Waals surface area contributed by atoms with E-state index in [1.807, 2.05) is 12.1 Å². The highest BCUT2D eigenvalue weighted by Gasteiger charge is 2.25. The van der Waals surface area contributed by atoms with E-state index in [-0.39, 0.29) is 30.4 Å². The minimum absolute atomic E-state index is 0.0949. The fourth-order valence-electron chi connectivity index (χ4n) is 3.71. The molecule has 0 bridgehead atoms. The molecule has 1 aromatic heterocycles. The smallest absolute Gasteiger partial charge is 0.224 e. The summed E-state index contributed by atoms with van der Waals surface area (Å²) in [7, 11) is -3.47. The maximum absolute atomic E-state index is 13.5. The second-order valence-corrected chi connectivity index (χ2v) is 9.46. The Hall–Kier alpha value is -2.75. The van der Waals surface area contributed by atoms with Crippen molar-refractivity contribution in [2.24, 2.45) is 0 Å². The normalized spacial score (nSPS) is 15.3. The molecule has 0 aliphatic carbocycles. The van der Waals surface area contributed by atoms with Crippen molar-refractivity contribution in [3.05, 3.63) is 71.2 Å². The zero-order chi connectivity index (χ0) is 21.8. The Morgan fingerprint density at radius 1 is 1.10 bits per heavy atom. The van der Waals surface area contributed by atoms with Gasteiger partial charge in [0.15, 0.2) is 0 Å². The minimum Gasteiger partial charge on any atom is -0.379 e. The van der Waals surface area contributed by atoms with Crippen LogP contribution in [0.25, 0.3) is 10.9 Å². The first kappa shape index (κ1) is 21.5. The van der Waals surface area contributed by atoms with Crippen LogP contribution in [0.1, 0.15) is 16.7 Å². The molecule has 0 atom stereocenters. The highest BCUT2D eigenvalue weighted by Crippen LogP contribution is 2.20. The summed E-state index contributed by atoms with van der Waals surface area (Å²) in [6.07, 6.45) is 1.80. The van der Waals surface area contributed by atoms with E-state index in [9.17, 15) is 17.6 Å². The molecule has 0 radical (unpaired) electrons. The molecule has 1 aliphatic rings. The molecule has 1 aliphatic heterocycles. The van der Waals surface area contributed by atoms with Gasteiger partial charge >= 0.3 is 0 Å². The molecule has 0 unspecified atom stereocenters. The largest absolute Gasteiger partial charge is 0.379 e. The predicted octanol–water partition coefficient (Wildman–Crippen LogP) is 2.33. The Labute approximate surface area is 180 Å². The molecule has 1 fully saturated rings. The SMILES string of the molecule is O=C(Cc1c[nH]c2ccc(F)cc12)NCc1ccccc1CS(=O)(=O)N1CCOCC1. The first-order chi connectivity index (χ1) is 14.9. The number of rotatable bonds is 7. The van der Waals surface area contributed by atoms with Crippen molar-refractivity contribution >= 4 is 26.8 Å². The van der Waals surface area contributed by atoms with Gasteiger partial charge in [0.05, 0.1) is 25.4 Å². The van der Waals surface area contributed by atoms with Crippen molar-refractivity contribution < 1.29 is 22.3 Å². The summed E-state index contributed by atoms with van der Waals surface area (Å²) < 4.78 is 45.7. The maximum atomic E-state index is 13.5. The molecule has 2 aromatic carbocycles. The van der Waals surface area contributed by atoms with Crippen molar-refractivity contribution in [1.29, 1.82) is 0 Å². The van der Waals surface area contributed by atoms with Gasteiger partial charge in [-0.1, -0.05) is 24.3 Å². The summed E-state index contributed by atoms with van der Waals surface area (Å²) in [5, 5.41) is 3.52. The summed E-state index contributed by atoms with van der Waals surface area (Å²) in [6.45, 7) is 1.71. The van der Waals surface area contributed by atoms with Gasteiger partial charge in [0.2, 0.25) is 15.9 Å². The van der Waals surface area contributed by atoms with Gasteiger partial charge in [-0.25, -0.2) is 12.8 Å². The van der Waals surface area contributed by atoms with E-state index >= 15 is 0 Å². The van der Waals surface area contributed by atoms with Crippen molar-refractivity contribution in [2.75, 3.05) is 26.3 Å². The van der Waals surface area contributed by atoms with Gasteiger partial charge in [0.1, 0.15) is 5.82 Å². The molecule has 3 aromatic rings. The van der Waals surface area contributed by atoms with Gasteiger partial charge < -0.3 is 15.0 Å². The topological polar surface area (TPSA) is 91.5 Å². The number of morpholine rings is 1. The number of aromatic nitrogens is 1. The van der Waals surface area contributed by atoms with E-state index in [0.29, 0.717) is 42.8 Å². The Kier molecular flexibility index (Phi) is 6.35. The van der Waals surface area contributed by atoms with Crippen LogP contribution in [0, 0.1) is 5.82 Å². The zero-order valence-electron chi connectivity index (χ0n) is 16.9. The number of hydrogen-bond donors (Lipinski definition) is 2. The van der Waals surface area contributed by atoms with E-state index in [4.69, 9.17) is 4.74 Å². The second-order valence-electron chi connectivity index (χ2n) is 7.49. The molecular weight excluding hydrogens is 421 g/mol. The van der Waals surface area contributed by atoms with Gasteiger partial charge in [-0.15, -0.1) is 0 Å². The highest BCUT2D eigenvalue weighted by molar-refractivity contribution is 7.88. The third-order valence-corrected chi connectivity index (χ3v) is 7.20. The average molecular weight is 446 g/mol. The van der Waals surface area contributed by atoms with E-state index in [2.05, 4.69) is 10.3 Å². The number of H-pyrrole nitrogens is 1. The lowest BCUT2D eigenvalue weighted by atomic mass is 10.1. The Morgan fingerprint density at radius 2 is 1.84 bits per heavy atom. The average Bonchev–Trinajstić information content (AvgIpc) is 3.15. The van der Waals surface area contributed by atoms with E-state index in [1.165, 1.54) is 16.4 Å². The number of carbonyl (C=O) groups is 1. The van der Waals surface area contributed by atoms with Crippen LogP contribution in [0.15, 0.2) is 48.7 Å². The minimum atomic E-state index is -3.47. The van der Waals surface area contributed by atoms with Crippen molar-refractivity contribution in [3.8, 4) is 0 Å². The number of sulfonamides is 1. The fourth-order valence-corrected chi connectivity index (χ4v) is 5.27. The van der Waals surface area contributed by atoms with Crippen LogP contribution in [0.4, 0.5) is 4.39 Å². The summed E-state index contributed by atoms with van der Waals surface area (Å²) in [5.41, 5.74) is 2.87. The third kappa shape index (κ3) is 5.12. The summed E-state index contributed by atoms with van der Waals surface area (Å²) in [4.78, 5) is 15.5. The van der Waals surface area contributed by atoms with Gasteiger partial charge in [-0.2, -0.15) is 4.31 Å². The highest BCUT2D eigenvalue weighted by atomic mass is 32.2. The van der Waals surface area contributed by atoms with Gasteiger partial charge in [-0.3, -0.25) is 4.79 Å². The number of aromatic amines is 1. The molecule has 31 heavy (non-hydrogen) atoms. The number of amides is 1. The second kappa shape index (κ2) is 9.17. The number of nitrogens with one attached hydrogen (secondary N) is 2. The number of halogens is 1. The van der Waals surface area contributed by atoms with E-state index < -0.39 is 10.0 Å². The Bertz CT molecular complexity index is 1190. The number of hydrogen-bond acceptors (Lipinski definition) is 4. The monoisotopic (exact) mass is 445 g/mol. The molecule has 2 heterocycles. The summed E-state index contributed by atoms with van der Waals surface area (Å²) >= 11 is 0. The molecule has 7 nitrogen and oxygen atoms in total. The molecule has 0 saturated carbocycles. The van der Waals surface area contributed by atoms with Crippen LogP contribution >= 0.6 is 0 Å². The van der Waals surface area contributed by atoms with E-state index in [0.717, 1.165) is 11.1 Å². The standard InChI is InChI=1S/C22H24FN3O4S/c23-19-5-6-21-20(12-19)18(14-24-21)11-22(27)25-13-16-3-1-2-4-17(16)15-31(28,29)26-7-9-30-10-8-26/h1-6,12,14,24H,7-11,13,15H2,(H,25,27). The molecule has 0 spiro atoms. The predicted molar refractivity (Wildman–Crippen MR) is 115 cm³/mol. The third-order valence-electron chi connectivity index (χ3n) is 5.38. The molecule has 164 valence electrons. The lowest BCUT2D eigenvalue weighted by Crippen LogP contribution is -2.41. The van der Waals surface area contributed by atoms with Crippen molar-refractivity contribution in [3.63, 3.8) is 0 Å². The number of ether oxygens (including phenoxy) is 1. The van der Waals surface area contributed by atoms with Crippen LogP contribution in [-0.4, -0.2) is 49.9 Å². The lowest BCUT2D eigenvalue weighted by molar-refractivity contribution is -0.120.